The SMILES string of the molecule is CCOC(=O)C(CC)c1nc(COC)no1. The van der Waals surface area contributed by atoms with E-state index in [9.17, 15) is 4.79 Å². The molecule has 0 amide bonds. The normalized spacial score (nSPS) is 12.4. The highest BCUT2D eigenvalue weighted by Crippen LogP contribution is 2.19. The van der Waals surface area contributed by atoms with Gasteiger partial charge in [-0.1, -0.05) is 12.1 Å². The number of carbonyl (C=O) groups excluding carboxylic acids is 1. The van der Waals surface area contributed by atoms with E-state index in [0.717, 1.165) is 0 Å². The second-order valence-corrected chi connectivity index (χ2v) is 3.19. The Morgan fingerprint density at radius 2 is 2.25 bits per heavy atom. The number of esters is 1. The first-order valence-corrected chi connectivity index (χ1v) is 5.20. The summed E-state index contributed by atoms with van der Waals surface area (Å²) in [5.74, 6) is -0.107. The van der Waals surface area contributed by atoms with Crippen molar-refractivity contribution < 1.29 is 18.8 Å². The van der Waals surface area contributed by atoms with E-state index in [2.05, 4.69) is 10.1 Å². The number of ether oxygens (including phenoxy) is 2. The monoisotopic (exact) mass is 228 g/mol. The number of carbonyl (C=O) groups is 1. The van der Waals surface area contributed by atoms with Crippen LogP contribution in [0, 0.1) is 0 Å². The molecule has 0 aromatic carbocycles. The standard InChI is InChI=1S/C10H16N2O4/c1-4-7(10(13)15-5-2)9-11-8(6-14-3)12-16-9/h7H,4-6H2,1-3H3. The molecule has 1 aromatic rings. The molecule has 6 nitrogen and oxygen atoms in total. The Morgan fingerprint density at radius 1 is 1.50 bits per heavy atom. The number of aromatic nitrogens is 2. The van der Waals surface area contributed by atoms with Crippen LogP contribution >= 0.6 is 0 Å². The topological polar surface area (TPSA) is 74.5 Å². The zero-order valence-corrected chi connectivity index (χ0v) is 9.73. The molecule has 0 aliphatic heterocycles. The molecule has 0 saturated heterocycles. The molecule has 0 aliphatic carbocycles. The zero-order valence-electron chi connectivity index (χ0n) is 9.73. The average Bonchev–Trinajstić information content (AvgIpc) is 2.68. The van der Waals surface area contributed by atoms with Crippen molar-refractivity contribution in [3.8, 4) is 0 Å². The highest BCUT2D eigenvalue weighted by atomic mass is 16.5. The van der Waals surface area contributed by atoms with E-state index in [1.54, 1.807) is 14.0 Å². The third-order valence-corrected chi connectivity index (χ3v) is 2.03. The van der Waals surface area contributed by atoms with Crippen molar-refractivity contribution in [3.63, 3.8) is 0 Å². The molecular weight excluding hydrogens is 212 g/mol. The maximum atomic E-state index is 11.6. The molecule has 0 bridgehead atoms. The van der Waals surface area contributed by atoms with Crippen LogP contribution in [0.3, 0.4) is 0 Å². The van der Waals surface area contributed by atoms with Crippen LogP contribution in [-0.2, 0) is 20.9 Å². The van der Waals surface area contributed by atoms with Crippen LogP contribution < -0.4 is 0 Å². The second-order valence-electron chi connectivity index (χ2n) is 3.19. The third kappa shape index (κ3) is 3.03. The van der Waals surface area contributed by atoms with Gasteiger partial charge in [0.05, 0.1) is 6.61 Å². The van der Waals surface area contributed by atoms with Gasteiger partial charge in [0.15, 0.2) is 5.82 Å². The molecule has 1 aromatic heterocycles. The molecule has 90 valence electrons. The van der Waals surface area contributed by atoms with Crippen molar-refractivity contribution in [1.82, 2.24) is 10.1 Å². The highest BCUT2D eigenvalue weighted by molar-refractivity contribution is 5.76. The van der Waals surface area contributed by atoms with Gasteiger partial charge in [-0.05, 0) is 13.3 Å². The van der Waals surface area contributed by atoms with Crippen LogP contribution in [-0.4, -0.2) is 29.8 Å². The molecule has 6 heteroatoms. The van der Waals surface area contributed by atoms with Gasteiger partial charge in [-0.3, -0.25) is 4.79 Å². The molecule has 0 saturated carbocycles. The Labute approximate surface area is 93.9 Å². The summed E-state index contributed by atoms with van der Waals surface area (Å²) in [5, 5.41) is 3.70. The van der Waals surface area contributed by atoms with Crippen LogP contribution in [0.15, 0.2) is 4.52 Å². The van der Waals surface area contributed by atoms with Crippen LogP contribution in [0.5, 0.6) is 0 Å². The highest BCUT2D eigenvalue weighted by Gasteiger charge is 2.26. The van der Waals surface area contributed by atoms with Gasteiger partial charge in [-0.15, -0.1) is 0 Å². The van der Waals surface area contributed by atoms with E-state index in [1.165, 1.54) is 0 Å². The number of hydrogen-bond donors (Lipinski definition) is 0. The lowest BCUT2D eigenvalue weighted by Crippen LogP contribution is -2.15. The molecular formula is C10H16N2O4. The summed E-state index contributed by atoms with van der Waals surface area (Å²) in [6.45, 7) is 4.23. The Kier molecular flexibility index (Phi) is 4.91. The van der Waals surface area contributed by atoms with Gasteiger partial charge in [-0.2, -0.15) is 4.98 Å². The fourth-order valence-electron chi connectivity index (χ4n) is 1.28. The van der Waals surface area contributed by atoms with Crippen molar-refractivity contribution in [2.45, 2.75) is 32.8 Å². The minimum absolute atomic E-state index is 0.267. The summed E-state index contributed by atoms with van der Waals surface area (Å²) in [7, 11) is 1.54. The first kappa shape index (κ1) is 12.6. The van der Waals surface area contributed by atoms with Crippen LogP contribution in [0.1, 0.15) is 37.9 Å². The Balaban J connectivity index is 2.74. The lowest BCUT2D eigenvalue weighted by molar-refractivity contribution is -0.145. The quantitative estimate of drug-likeness (QED) is 0.682. The lowest BCUT2D eigenvalue weighted by atomic mass is 10.1. The van der Waals surface area contributed by atoms with Gasteiger partial charge in [0.1, 0.15) is 12.5 Å². The summed E-state index contributed by atoms with van der Waals surface area (Å²) < 4.78 is 14.8. The molecule has 1 heterocycles. The molecule has 1 rings (SSSR count). The van der Waals surface area contributed by atoms with Crippen molar-refractivity contribution in [3.05, 3.63) is 11.7 Å². The summed E-state index contributed by atoms with van der Waals surface area (Å²) in [4.78, 5) is 15.6. The average molecular weight is 228 g/mol. The molecule has 1 unspecified atom stereocenters. The number of rotatable bonds is 6. The number of methoxy groups -OCH3 is 1. The second kappa shape index (κ2) is 6.22. The first-order chi connectivity index (χ1) is 7.72. The number of nitrogens with zero attached hydrogens (tertiary/aromatic N) is 2. The molecule has 0 N–H and O–H groups in total. The fraction of sp³-hybridized carbons (Fsp3) is 0.700. The summed E-state index contributed by atoms with van der Waals surface area (Å²) in [6, 6.07) is 0. The van der Waals surface area contributed by atoms with E-state index < -0.39 is 5.92 Å². The Hall–Kier alpha value is -1.43. The van der Waals surface area contributed by atoms with Gasteiger partial charge in [0.2, 0.25) is 5.89 Å². The summed E-state index contributed by atoms with van der Waals surface area (Å²) >= 11 is 0. The van der Waals surface area contributed by atoms with Crippen LogP contribution in [0.4, 0.5) is 0 Å². The fourth-order valence-corrected chi connectivity index (χ4v) is 1.28. The van der Waals surface area contributed by atoms with Crippen LogP contribution in [0.2, 0.25) is 0 Å². The molecule has 1 atom stereocenters. The first-order valence-electron chi connectivity index (χ1n) is 5.20. The Bertz CT molecular complexity index is 337. The third-order valence-electron chi connectivity index (χ3n) is 2.03. The van der Waals surface area contributed by atoms with Crippen molar-refractivity contribution in [2.24, 2.45) is 0 Å². The van der Waals surface area contributed by atoms with Gasteiger partial charge in [0, 0.05) is 7.11 Å². The van der Waals surface area contributed by atoms with Gasteiger partial charge in [0.25, 0.3) is 0 Å². The van der Waals surface area contributed by atoms with Crippen molar-refractivity contribution in [2.75, 3.05) is 13.7 Å². The molecule has 0 aliphatic rings. The lowest BCUT2D eigenvalue weighted by Gasteiger charge is -2.08. The van der Waals surface area contributed by atoms with E-state index >= 15 is 0 Å². The molecule has 16 heavy (non-hydrogen) atoms. The van der Waals surface area contributed by atoms with Crippen LogP contribution in [0.25, 0.3) is 0 Å². The van der Waals surface area contributed by atoms with E-state index in [4.69, 9.17) is 14.0 Å². The predicted molar refractivity (Wildman–Crippen MR) is 54.7 cm³/mol. The van der Waals surface area contributed by atoms with Gasteiger partial charge in [-0.25, -0.2) is 0 Å². The van der Waals surface area contributed by atoms with E-state index in [0.29, 0.717) is 18.9 Å². The minimum atomic E-state index is -0.488. The predicted octanol–water partition coefficient (Wildman–Crippen LogP) is 1.27. The number of hydrogen-bond acceptors (Lipinski definition) is 6. The van der Waals surface area contributed by atoms with Gasteiger partial charge < -0.3 is 14.0 Å². The minimum Gasteiger partial charge on any atom is -0.465 e. The molecule has 0 fully saturated rings. The molecule has 0 radical (unpaired) electrons. The Morgan fingerprint density at radius 3 is 2.81 bits per heavy atom. The smallest absolute Gasteiger partial charge is 0.318 e. The largest absolute Gasteiger partial charge is 0.465 e. The van der Waals surface area contributed by atoms with E-state index in [1.807, 2.05) is 6.92 Å². The van der Waals surface area contributed by atoms with Gasteiger partial charge >= 0.3 is 5.97 Å². The molecule has 0 spiro atoms. The van der Waals surface area contributed by atoms with E-state index in [-0.39, 0.29) is 18.5 Å². The van der Waals surface area contributed by atoms with Crippen molar-refractivity contribution in [1.29, 1.82) is 0 Å². The van der Waals surface area contributed by atoms with Crippen molar-refractivity contribution >= 4 is 5.97 Å². The summed E-state index contributed by atoms with van der Waals surface area (Å²) in [5.41, 5.74) is 0. The summed E-state index contributed by atoms with van der Waals surface area (Å²) in [6.07, 6.45) is 0.563. The zero-order chi connectivity index (χ0) is 12.0. The maximum Gasteiger partial charge on any atom is 0.318 e. The maximum absolute atomic E-state index is 11.6.